The maximum atomic E-state index is 12.1. The Balaban J connectivity index is 2.01. The molecular formula is C14H9N3O5. The van der Waals surface area contributed by atoms with E-state index in [1.54, 1.807) is 24.3 Å². The lowest BCUT2D eigenvalue weighted by Gasteiger charge is -2.04. The molecule has 3 N–H and O–H groups in total. The van der Waals surface area contributed by atoms with Gasteiger partial charge in [-0.05, 0) is 12.1 Å². The van der Waals surface area contributed by atoms with E-state index in [4.69, 9.17) is 4.42 Å². The lowest BCUT2D eigenvalue weighted by Crippen LogP contribution is -2.26. The smallest absolute Gasteiger partial charge is 0.349 e. The molecule has 0 saturated heterocycles. The van der Waals surface area contributed by atoms with Gasteiger partial charge in [-0.2, -0.15) is 0 Å². The molecule has 2 aromatic heterocycles. The maximum Gasteiger partial charge on any atom is 0.349 e. The number of anilines is 1. The average Bonchev–Trinajstić information content (AvgIpc) is 2.45. The molecule has 1 amide bonds. The molecule has 0 radical (unpaired) electrons. The first-order valence-electron chi connectivity index (χ1n) is 6.21. The molecule has 0 aliphatic heterocycles. The summed E-state index contributed by atoms with van der Waals surface area (Å²) < 4.78 is 5.04. The van der Waals surface area contributed by atoms with Gasteiger partial charge >= 0.3 is 11.3 Å². The van der Waals surface area contributed by atoms with Gasteiger partial charge in [-0.15, -0.1) is 0 Å². The normalized spacial score (nSPS) is 10.5. The predicted molar refractivity (Wildman–Crippen MR) is 78.1 cm³/mol. The van der Waals surface area contributed by atoms with Gasteiger partial charge in [0.05, 0.1) is 0 Å². The van der Waals surface area contributed by atoms with E-state index in [0.29, 0.717) is 11.0 Å². The molecule has 0 aliphatic carbocycles. The lowest BCUT2D eigenvalue weighted by atomic mass is 10.2. The van der Waals surface area contributed by atoms with Gasteiger partial charge in [-0.25, -0.2) is 9.59 Å². The van der Waals surface area contributed by atoms with Gasteiger partial charge in [0.1, 0.15) is 17.0 Å². The summed E-state index contributed by atoms with van der Waals surface area (Å²) in [5, 5.41) is 2.85. The van der Waals surface area contributed by atoms with Gasteiger partial charge in [-0.3, -0.25) is 19.6 Å². The van der Waals surface area contributed by atoms with E-state index in [1.165, 1.54) is 6.07 Å². The van der Waals surface area contributed by atoms with E-state index in [2.05, 4.69) is 10.3 Å². The Morgan fingerprint density at radius 3 is 2.59 bits per heavy atom. The van der Waals surface area contributed by atoms with Crippen molar-refractivity contribution >= 4 is 22.7 Å². The van der Waals surface area contributed by atoms with Crippen molar-refractivity contribution in [1.29, 1.82) is 0 Å². The van der Waals surface area contributed by atoms with E-state index in [0.717, 1.165) is 6.07 Å². The Labute approximate surface area is 121 Å². The summed E-state index contributed by atoms with van der Waals surface area (Å²) >= 11 is 0. The summed E-state index contributed by atoms with van der Waals surface area (Å²) in [6.45, 7) is 0. The summed E-state index contributed by atoms with van der Waals surface area (Å²) in [5.74, 6) is -0.910. The summed E-state index contributed by atoms with van der Waals surface area (Å²) in [7, 11) is 0. The number of H-pyrrole nitrogens is 2. The van der Waals surface area contributed by atoms with E-state index < -0.39 is 22.8 Å². The van der Waals surface area contributed by atoms with Crippen LogP contribution in [0.25, 0.3) is 11.0 Å². The number of hydrogen-bond acceptors (Lipinski definition) is 5. The second-order valence-corrected chi connectivity index (χ2v) is 4.44. The fourth-order valence-electron chi connectivity index (χ4n) is 1.95. The number of nitrogens with one attached hydrogen (secondary N) is 3. The lowest BCUT2D eigenvalue weighted by molar-refractivity contribution is 0.102. The Morgan fingerprint density at radius 1 is 1.05 bits per heavy atom. The Hall–Kier alpha value is -3.42. The molecule has 0 spiro atoms. The van der Waals surface area contributed by atoms with Crippen molar-refractivity contribution in [3.63, 3.8) is 0 Å². The van der Waals surface area contributed by atoms with Crippen molar-refractivity contribution < 1.29 is 9.21 Å². The summed E-state index contributed by atoms with van der Waals surface area (Å²) in [6, 6.07) is 9.09. The molecule has 0 bridgehead atoms. The van der Waals surface area contributed by atoms with Crippen LogP contribution in [0.15, 0.2) is 55.2 Å². The summed E-state index contributed by atoms with van der Waals surface area (Å²) in [4.78, 5) is 50.4. The number of carbonyl (C=O) groups is 1. The van der Waals surface area contributed by atoms with Crippen LogP contribution in [0.4, 0.5) is 5.82 Å². The van der Waals surface area contributed by atoms with E-state index >= 15 is 0 Å². The van der Waals surface area contributed by atoms with Crippen LogP contribution in [0.1, 0.15) is 10.4 Å². The standard InChI is InChI=1S/C14H9N3O5/c18-11-6-10(16-14(21)17-11)15-12(19)8-5-7-3-1-2-4-9(7)22-13(8)20/h1-6H,(H3,15,16,17,18,19,21). The Bertz CT molecular complexity index is 1020. The largest absolute Gasteiger partial charge is 0.422 e. The van der Waals surface area contributed by atoms with Gasteiger partial charge in [-0.1, -0.05) is 18.2 Å². The predicted octanol–water partition coefficient (Wildman–Crippen LogP) is 0.422. The zero-order valence-electron chi connectivity index (χ0n) is 11.0. The molecule has 2 heterocycles. The van der Waals surface area contributed by atoms with Gasteiger partial charge in [0.25, 0.3) is 11.5 Å². The maximum absolute atomic E-state index is 12.1. The van der Waals surface area contributed by atoms with Gasteiger partial charge in [0, 0.05) is 11.5 Å². The monoisotopic (exact) mass is 299 g/mol. The highest BCUT2D eigenvalue weighted by molar-refractivity contribution is 6.04. The van der Waals surface area contributed by atoms with Crippen molar-refractivity contribution in [3.05, 3.63) is 73.2 Å². The quantitative estimate of drug-likeness (QED) is 0.591. The van der Waals surface area contributed by atoms with Crippen LogP contribution in [0, 0.1) is 0 Å². The SMILES string of the molecule is O=C(Nc1cc(=O)[nH]c(=O)[nH]1)c1cc2ccccc2oc1=O. The molecule has 0 aliphatic rings. The van der Waals surface area contributed by atoms with Crippen molar-refractivity contribution in [1.82, 2.24) is 9.97 Å². The molecule has 0 saturated carbocycles. The van der Waals surface area contributed by atoms with Gasteiger partial charge in [0.2, 0.25) is 0 Å². The minimum Gasteiger partial charge on any atom is -0.422 e. The number of carbonyl (C=O) groups excluding carboxylic acids is 1. The average molecular weight is 299 g/mol. The summed E-state index contributed by atoms with van der Waals surface area (Å²) in [6.07, 6.45) is 0. The number of aromatic nitrogens is 2. The van der Waals surface area contributed by atoms with Crippen molar-refractivity contribution in [2.45, 2.75) is 0 Å². The minimum atomic E-state index is -0.816. The van der Waals surface area contributed by atoms with E-state index in [9.17, 15) is 19.2 Å². The number of amides is 1. The third-order valence-corrected chi connectivity index (χ3v) is 2.89. The number of aromatic amines is 2. The first-order chi connectivity index (χ1) is 10.5. The fraction of sp³-hybridized carbons (Fsp3) is 0. The third kappa shape index (κ3) is 2.57. The topological polar surface area (TPSA) is 125 Å². The highest BCUT2D eigenvalue weighted by Gasteiger charge is 2.14. The van der Waals surface area contributed by atoms with Crippen LogP contribution in [0.3, 0.4) is 0 Å². The molecule has 1 aromatic carbocycles. The number of rotatable bonds is 2. The molecule has 8 heteroatoms. The molecule has 3 aromatic rings. The van der Waals surface area contributed by atoms with Gasteiger partial charge in [0.15, 0.2) is 0 Å². The molecule has 0 fully saturated rings. The van der Waals surface area contributed by atoms with Crippen molar-refractivity contribution in [2.24, 2.45) is 0 Å². The second-order valence-electron chi connectivity index (χ2n) is 4.44. The van der Waals surface area contributed by atoms with Crippen LogP contribution in [-0.2, 0) is 0 Å². The number of para-hydroxylation sites is 1. The zero-order valence-corrected chi connectivity index (χ0v) is 11.0. The Kier molecular flexibility index (Phi) is 3.18. The molecule has 22 heavy (non-hydrogen) atoms. The number of benzene rings is 1. The van der Waals surface area contributed by atoms with Crippen LogP contribution in [0.5, 0.6) is 0 Å². The first-order valence-corrected chi connectivity index (χ1v) is 6.21. The zero-order chi connectivity index (χ0) is 15.7. The van der Waals surface area contributed by atoms with Crippen LogP contribution in [-0.4, -0.2) is 15.9 Å². The first kappa shape index (κ1) is 13.6. The molecular weight excluding hydrogens is 290 g/mol. The molecule has 3 rings (SSSR count). The summed E-state index contributed by atoms with van der Waals surface area (Å²) in [5.41, 5.74) is -2.14. The number of fused-ring (bicyclic) bond motifs is 1. The second kappa shape index (κ2) is 5.17. The molecule has 0 unspecified atom stereocenters. The van der Waals surface area contributed by atoms with E-state index in [1.807, 2.05) is 4.98 Å². The van der Waals surface area contributed by atoms with Gasteiger partial charge < -0.3 is 9.73 Å². The third-order valence-electron chi connectivity index (χ3n) is 2.89. The fourth-order valence-corrected chi connectivity index (χ4v) is 1.95. The highest BCUT2D eigenvalue weighted by atomic mass is 16.4. The molecule has 0 atom stereocenters. The Morgan fingerprint density at radius 2 is 1.82 bits per heavy atom. The van der Waals surface area contributed by atoms with Crippen LogP contribution < -0.4 is 22.2 Å². The van der Waals surface area contributed by atoms with Crippen molar-refractivity contribution in [2.75, 3.05) is 5.32 Å². The van der Waals surface area contributed by atoms with Crippen LogP contribution in [0.2, 0.25) is 0 Å². The number of hydrogen-bond donors (Lipinski definition) is 3. The van der Waals surface area contributed by atoms with E-state index in [-0.39, 0.29) is 11.4 Å². The molecule has 110 valence electrons. The van der Waals surface area contributed by atoms with Crippen LogP contribution >= 0.6 is 0 Å². The van der Waals surface area contributed by atoms with Crippen molar-refractivity contribution in [3.8, 4) is 0 Å². The molecule has 8 nitrogen and oxygen atoms in total. The highest BCUT2D eigenvalue weighted by Crippen LogP contribution is 2.13. The minimum absolute atomic E-state index is 0.119.